The zero-order valence-electron chi connectivity index (χ0n) is 47.8. The molecule has 25 nitrogen and oxygen atoms in total. The van der Waals surface area contributed by atoms with E-state index < -0.39 is 184 Å². The molecule has 0 aliphatic carbocycles. The zero-order chi connectivity index (χ0) is 61.9. The van der Waals surface area contributed by atoms with Crippen molar-refractivity contribution in [3.05, 3.63) is 29.8 Å². The minimum Gasteiger partial charge on any atom is -0.508 e. The van der Waals surface area contributed by atoms with Gasteiger partial charge in [0.25, 0.3) is 0 Å². The fourth-order valence-electron chi connectivity index (χ4n) is 10.4. The van der Waals surface area contributed by atoms with E-state index >= 15 is 0 Å². The minimum absolute atomic E-state index is 0.0967. The SMILES string of the molecule is CCC(C)CC(C)CCCCCCCCC(=O)NC1CC(O)C(OCCNCCC(=O)C(F)(F)F)NC(=O)C2C(O)CCN2C(=O)C(C(C)O)NC(=O)C(C(O)C(O)c2ccc(O)cc2)NC(=O)C2CC(O)CN2C(=O)C(C(C)O)NC1=O. The number of unbranched alkanes of at least 4 members (excludes halogenated alkanes) is 5. The van der Waals surface area contributed by atoms with Crippen molar-refractivity contribution in [2.75, 3.05) is 32.8 Å². The van der Waals surface area contributed by atoms with Gasteiger partial charge >= 0.3 is 6.18 Å². The van der Waals surface area contributed by atoms with Crippen molar-refractivity contribution in [2.24, 2.45) is 11.8 Å². The Labute approximate surface area is 480 Å². The highest BCUT2D eigenvalue weighted by Gasteiger charge is 2.49. The van der Waals surface area contributed by atoms with E-state index in [0.717, 1.165) is 80.7 Å². The van der Waals surface area contributed by atoms with Crippen molar-refractivity contribution < 1.29 is 97.1 Å². The monoisotopic (exact) mass is 1190 g/mol. The van der Waals surface area contributed by atoms with Crippen LogP contribution in [-0.4, -0.2) is 216 Å². The Balaban J connectivity index is 1.73. The van der Waals surface area contributed by atoms with Gasteiger partial charge in [0.1, 0.15) is 60.3 Å². The number of benzene rings is 1. The summed E-state index contributed by atoms with van der Waals surface area (Å²) in [5.41, 5.74) is -0.0967. The normalized spacial score (nSPS) is 27.6. The summed E-state index contributed by atoms with van der Waals surface area (Å²) in [5.74, 6) is -9.24. The lowest BCUT2D eigenvalue weighted by Gasteiger charge is -2.34. The number of alkyl halides is 3. The molecule has 0 saturated carbocycles. The number of nitrogens with zero attached hydrogens (tertiary/aromatic N) is 2. The molecule has 0 bridgehead atoms. The molecule has 0 aromatic heterocycles. The van der Waals surface area contributed by atoms with E-state index in [4.69, 9.17) is 4.74 Å². The first-order chi connectivity index (χ1) is 39.0. The number of hydrogen-bond acceptors (Lipinski definition) is 18. The van der Waals surface area contributed by atoms with Gasteiger partial charge in [-0.05, 0) is 62.6 Å². The van der Waals surface area contributed by atoms with Crippen LogP contribution in [0.3, 0.4) is 0 Å². The van der Waals surface area contributed by atoms with Crippen LogP contribution < -0.4 is 31.9 Å². The first-order valence-electron chi connectivity index (χ1n) is 28.7. The number of aliphatic hydroxyl groups excluding tert-OH is 7. The maximum Gasteiger partial charge on any atom is 0.450 e. The minimum atomic E-state index is -5.10. The third kappa shape index (κ3) is 21.2. The second kappa shape index (κ2) is 33.2. The van der Waals surface area contributed by atoms with E-state index in [0.29, 0.717) is 24.7 Å². The number of carbonyl (C=O) groups excluding carboxylic acids is 8. The number of aromatic hydroxyl groups is 1. The lowest BCUT2D eigenvalue weighted by molar-refractivity contribution is -0.170. The van der Waals surface area contributed by atoms with E-state index in [2.05, 4.69) is 52.7 Å². The van der Waals surface area contributed by atoms with E-state index in [-0.39, 0.29) is 30.7 Å². The molecule has 28 heteroatoms. The summed E-state index contributed by atoms with van der Waals surface area (Å²) in [5, 5.41) is 103. The molecule has 16 unspecified atom stereocenters. The molecule has 83 heavy (non-hydrogen) atoms. The van der Waals surface area contributed by atoms with Crippen LogP contribution in [0.15, 0.2) is 24.3 Å². The van der Waals surface area contributed by atoms with Gasteiger partial charge in [-0.1, -0.05) is 77.8 Å². The summed E-state index contributed by atoms with van der Waals surface area (Å²) in [6.07, 6.45) is -14.7. The molecule has 16 atom stereocenters. The molecule has 3 heterocycles. The highest BCUT2D eigenvalue weighted by molar-refractivity contribution is 5.98. The number of fused-ring (bicyclic) bond motifs is 2. The number of ether oxygens (including phenoxy) is 1. The number of nitrogens with one attached hydrogen (secondary N) is 6. The van der Waals surface area contributed by atoms with Crippen LogP contribution in [0.1, 0.15) is 136 Å². The molecule has 470 valence electrons. The Hall–Kier alpha value is -5.59. The molecule has 7 amide bonds. The van der Waals surface area contributed by atoms with Crippen molar-refractivity contribution in [2.45, 2.75) is 216 Å². The van der Waals surface area contributed by atoms with Crippen molar-refractivity contribution in [3.8, 4) is 5.75 Å². The van der Waals surface area contributed by atoms with Crippen LogP contribution in [0.5, 0.6) is 5.75 Å². The Morgan fingerprint density at radius 2 is 1.30 bits per heavy atom. The predicted molar refractivity (Wildman–Crippen MR) is 290 cm³/mol. The van der Waals surface area contributed by atoms with Crippen LogP contribution in [0.4, 0.5) is 13.2 Å². The van der Waals surface area contributed by atoms with Crippen molar-refractivity contribution in [1.82, 2.24) is 41.7 Å². The van der Waals surface area contributed by atoms with Crippen LogP contribution in [0, 0.1) is 11.8 Å². The lowest BCUT2D eigenvalue weighted by Crippen LogP contribution is -2.64. The number of ketones is 1. The Morgan fingerprint density at radius 1 is 0.711 bits per heavy atom. The number of halogens is 3. The van der Waals surface area contributed by atoms with E-state index in [9.17, 15) is 92.4 Å². The molecule has 3 saturated heterocycles. The average molecular weight is 1190 g/mol. The van der Waals surface area contributed by atoms with Crippen molar-refractivity contribution in [3.63, 3.8) is 0 Å². The summed E-state index contributed by atoms with van der Waals surface area (Å²) in [7, 11) is 0. The molecule has 3 fully saturated rings. The summed E-state index contributed by atoms with van der Waals surface area (Å²) >= 11 is 0. The molecule has 1 aromatic carbocycles. The van der Waals surface area contributed by atoms with Gasteiger partial charge < -0.3 is 87.3 Å². The number of carbonyl (C=O) groups is 8. The highest BCUT2D eigenvalue weighted by Crippen LogP contribution is 2.27. The third-order valence-electron chi connectivity index (χ3n) is 15.4. The standard InChI is InChI=1S/C55H87F3N8O17/c1-6-29(2)25-30(3)13-11-9-7-8-10-12-14-41(74)60-36-27-39(72)52(83-24-22-59-21-19-40(73)55(56,57)58)64-51(80)45-38(71)20-23-65(45)53(81)42(31(4)67)62-50(79)44(47(76)46(75)33-15-17-34(69)18-16-33)63-49(78)37-26-35(70)28-66(37)54(82)43(32(5)68)61-48(36)77/h15-18,29-32,35-39,42-47,52,59,67-72,75-76H,6-14,19-28H2,1-5H3,(H,60,74)(H,61,77)(H,62,79)(H,63,78)(H,64,80). The smallest absolute Gasteiger partial charge is 0.450 e. The molecule has 0 radical (unpaired) electrons. The first-order valence-corrected chi connectivity index (χ1v) is 28.7. The number of aliphatic hydroxyl groups is 7. The third-order valence-corrected chi connectivity index (χ3v) is 15.4. The first kappa shape index (κ1) is 69.9. The summed E-state index contributed by atoms with van der Waals surface area (Å²) < 4.78 is 44.4. The van der Waals surface area contributed by atoms with E-state index in [1.165, 1.54) is 12.1 Å². The Bertz CT molecular complexity index is 2300. The zero-order valence-corrected chi connectivity index (χ0v) is 47.8. The number of rotatable bonds is 25. The van der Waals surface area contributed by atoms with Gasteiger partial charge in [-0.2, -0.15) is 13.2 Å². The summed E-state index contributed by atoms with van der Waals surface area (Å²) in [4.78, 5) is 113. The number of Topliss-reactive ketones (excluding diaryl/α,β-unsaturated/α-hetero) is 1. The largest absolute Gasteiger partial charge is 0.508 e. The lowest BCUT2D eigenvalue weighted by atomic mass is 9.91. The number of phenols is 1. The molecule has 4 rings (SSSR count). The average Bonchev–Trinajstić information content (AvgIpc) is 4.02. The molecule has 3 aliphatic rings. The van der Waals surface area contributed by atoms with Gasteiger partial charge in [0.05, 0.1) is 31.0 Å². The molecule has 1 aromatic rings. The molecule has 0 spiro atoms. The second-order valence-electron chi connectivity index (χ2n) is 22.4. The van der Waals surface area contributed by atoms with E-state index in [1.807, 2.05) is 0 Å². The Morgan fingerprint density at radius 3 is 1.92 bits per heavy atom. The molecule has 14 N–H and O–H groups in total. The fraction of sp³-hybridized carbons (Fsp3) is 0.745. The predicted octanol–water partition coefficient (Wildman–Crippen LogP) is -1.06. The van der Waals surface area contributed by atoms with Gasteiger partial charge in [-0.15, -0.1) is 0 Å². The van der Waals surface area contributed by atoms with Crippen LogP contribution >= 0.6 is 0 Å². The second-order valence-corrected chi connectivity index (χ2v) is 22.4. The maximum absolute atomic E-state index is 14.5. The van der Waals surface area contributed by atoms with Crippen LogP contribution in [0.25, 0.3) is 0 Å². The fourth-order valence-corrected chi connectivity index (χ4v) is 10.4. The van der Waals surface area contributed by atoms with Crippen LogP contribution in [0.2, 0.25) is 0 Å². The summed E-state index contributed by atoms with van der Waals surface area (Å²) in [6.45, 7) is 6.47. The topological polar surface area (TPSA) is 386 Å². The van der Waals surface area contributed by atoms with Crippen molar-refractivity contribution in [1.29, 1.82) is 0 Å². The summed E-state index contributed by atoms with van der Waals surface area (Å²) in [6, 6.07) is -7.10. The van der Waals surface area contributed by atoms with Gasteiger partial charge in [-0.3, -0.25) is 38.4 Å². The number of hydrogen-bond donors (Lipinski definition) is 14. The van der Waals surface area contributed by atoms with Gasteiger partial charge in [0.2, 0.25) is 47.1 Å². The molecular weight excluding hydrogens is 1100 g/mol. The maximum atomic E-state index is 14.5. The quantitative estimate of drug-likeness (QED) is 0.0519. The van der Waals surface area contributed by atoms with Gasteiger partial charge in [0.15, 0.2) is 6.23 Å². The molecular formula is C55H87F3N8O17. The Kier molecular flexibility index (Phi) is 28.0. The highest BCUT2D eigenvalue weighted by atomic mass is 19.4. The van der Waals surface area contributed by atoms with E-state index in [1.54, 1.807) is 0 Å². The number of phenolic OH excluding ortho intramolecular Hbond substituents is 1. The number of amides is 7. The van der Waals surface area contributed by atoms with Gasteiger partial charge in [0, 0.05) is 51.9 Å². The van der Waals surface area contributed by atoms with Gasteiger partial charge in [-0.25, -0.2) is 0 Å². The van der Waals surface area contributed by atoms with Crippen LogP contribution in [-0.2, 0) is 43.1 Å². The van der Waals surface area contributed by atoms with Crippen molar-refractivity contribution >= 4 is 47.1 Å². The molecule has 3 aliphatic heterocycles.